The molecule has 0 aromatic carbocycles. The van der Waals surface area contributed by atoms with Gasteiger partial charge in [0, 0.05) is 6.42 Å². The molecule has 2 N–H and O–H groups in total. The summed E-state index contributed by atoms with van der Waals surface area (Å²) in [5, 5.41) is 19.3. The van der Waals surface area contributed by atoms with Crippen molar-refractivity contribution in [3.8, 4) is 0 Å². The summed E-state index contributed by atoms with van der Waals surface area (Å²) in [7, 11) is 0. The zero-order valence-corrected chi connectivity index (χ0v) is 17.0. The van der Waals surface area contributed by atoms with Gasteiger partial charge in [-0.1, -0.05) is 47.0 Å². The van der Waals surface area contributed by atoms with Crippen LogP contribution >= 0.6 is 0 Å². The summed E-state index contributed by atoms with van der Waals surface area (Å²) < 4.78 is 10.5. The second kappa shape index (κ2) is 14.0. The third kappa shape index (κ3) is 10.1. The van der Waals surface area contributed by atoms with Crippen molar-refractivity contribution >= 4 is 11.9 Å². The van der Waals surface area contributed by atoms with E-state index >= 15 is 0 Å². The third-order valence-electron chi connectivity index (χ3n) is 4.63. The zero-order chi connectivity index (χ0) is 20.0. The molecule has 0 rings (SSSR count). The van der Waals surface area contributed by atoms with Crippen molar-refractivity contribution in [2.24, 2.45) is 17.3 Å². The van der Waals surface area contributed by atoms with Gasteiger partial charge in [-0.25, -0.2) is 0 Å². The van der Waals surface area contributed by atoms with Gasteiger partial charge in [0.05, 0.1) is 24.5 Å². The number of aliphatic hydroxyl groups is 2. The van der Waals surface area contributed by atoms with E-state index < -0.39 is 18.6 Å². The summed E-state index contributed by atoms with van der Waals surface area (Å²) in [4.78, 5) is 24.0. The van der Waals surface area contributed by atoms with Crippen LogP contribution in [0.25, 0.3) is 0 Å². The molecule has 0 aliphatic heterocycles. The Balaban J connectivity index is 4.50. The molecule has 0 amide bonds. The molecule has 1 atom stereocenters. The molecule has 154 valence electrons. The first-order valence-corrected chi connectivity index (χ1v) is 9.88. The smallest absolute Gasteiger partial charge is 0.308 e. The van der Waals surface area contributed by atoms with Crippen LogP contribution in [0.15, 0.2) is 0 Å². The van der Waals surface area contributed by atoms with Crippen molar-refractivity contribution < 1.29 is 29.3 Å². The summed E-state index contributed by atoms with van der Waals surface area (Å²) in [5.41, 5.74) is -1.16. The predicted molar refractivity (Wildman–Crippen MR) is 101 cm³/mol. The normalized spacial score (nSPS) is 12.9. The lowest BCUT2D eigenvalue weighted by molar-refractivity contribution is -0.162. The Morgan fingerprint density at radius 2 is 1.58 bits per heavy atom. The highest BCUT2D eigenvalue weighted by atomic mass is 16.6. The van der Waals surface area contributed by atoms with Crippen LogP contribution in [0.3, 0.4) is 0 Å². The first-order valence-electron chi connectivity index (χ1n) is 9.88. The molecule has 6 nitrogen and oxygen atoms in total. The summed E-state index contributed by atoms with van der Waals surface area (Å²) in [6.45, 7) is 6.99. The fraction of sp³-hybridized carbons (Fsp3) is 0.900. The van der Waals surface area contributed by atoms with E-state index in [-0.39, 0.29) is 31.1 Å². The summed E-state index contributed by atoms with van der Waals surface area (Å²) in [6.07, 6.45) is 5.40. The lowest BCUT2D eigenvalue weighted by Crippen LogP contribution is -2.41. The highest BCUT2D eigenvalue weighted by molar-refractivity contribution is 5.72. The van der Waals surface area contributed by atoms with Crippen molar-refractivity contribution in [1.29, 1.82) is 0 Å². The minimum Gasteiger partial charge on any atom is -0.465 e. The molecule has 0 saturated heterocycles. The highest BCUT2D eigenvalue weighted by Crippen LogP contribution is 2.21. The average molecular weight is 375 g/mol. The van der Waals surface area contributed by atoms with Crippen LogP contribution < -0.4 is 0 Å². The Labute approximate surface area is 158 Å². The van der Waals surface area contributed by atoms with Gasteiger partial charge in [-0.3, -0.25) is 9.59 Å². The molecule has 1 unspecified atom stereocenters. The van der Waals surface area contributed by atoms with E-state index in [9.17, 15) is 19.8 Å². The maximum atomic E-state index is 12.2. The van der Waals surface area contributed by atoms with Gasteiger partial charge in [0.15, 0.2) is 0 Å². The average Bonchev–Trinajstić information content (AvgIpc) is 2.62. The van der Waals surface area contributed by atoms with Gasteiger partial charge in [0.2, 0.25) is 0 Å². The molecule has 0 aliphatic rings. The van der Waals surface area contributed by atoms with E-state index in [1.54, 1.807) is 0 Å². The van der Waals surface area contributed by atoms with E-state index in [2.05, 4.69) is 20.8 Å². The Bertz CT molecular complexity index is 390. The highest BCUT2D eigenvalue weighted by Gasteiger charge is 2.33. The Morgan fingerprint density at radius 1 is 0.962 bits per heavy atom. The van der Waals surface area contributed by atoms with Crippen molar-refractivity contribution in [3.05, 3.63) is 0 Å². The molecule has 6 heteroatoms. The van der Waals surface area contributed by atoms with Crippen LogP contribution in [0.2, 0.25) is 0 Å². The number of esters is 2. The van der Waals surface area contributed by atoms with E-state index in [1.807, 2.05) is 6.92 Å². The number of rotatable bonds is 15. The topological polar surface area (TPSA) is 93.1 Å². The Kier molecular flexibility index (Phi) is 13.4. The molecule has 0 aliphatic carbocycles. The van der Waals surface area contributed by atoms with Gasteiger partial charge < -0.3 is 19.7 Å². The zero-order valence-electron chi connectivity index (χ0n) is 17.0. The van der Waals surface area contributed by atoms with Crippen LogP contribution in [-0.4, -0.2) is 48.6 Å². The number of carbonyl (C=O) groups excluding carboxylic acids is 2. The second-order valence-electron chi connectivity index (χ2n) is 7.62. The van der Waals surface area contributed by atoms with E-state index in [0.717, 1.165) is 32.1 Å². The van der Waals surface area contributed by atoms with Crippen molar-refractivity contribution in [3.63, 3.8) is 0 Å². The minimum atomic E-state index is -1.16. The van der Waals surface area contributed by atoms with E-state index in [4.69, 9.17) is 9.47 Å². The van der Waals surface area contributed by atoms with E-state index in [1.165, 1.54) is 0 Å². The standard InChI is InChI=1S/C20H38O6/c1-5-7-10-17(6-2)19(24)26-15-20(12-21,13-22)14-25-18(23)11-8-9-16(3)4/h16-17,21-22H,5-15H2,1-4H3. The molecule has 0 heterocycles. The molecular formula is C20H38O6. The Hall–Kier alpha value is -1.14. The predicted octanol–water partition coefficient (Wildman–Crippen LogP) is 3.09. The van der Waals surface area contributed by atoms with Crippen molar-refractivity contribution in [2.75, 3.05) is 26.4 Å². The first-order chi connectivity index (χ1) is 12.3. The van der Waals surface area contributed by atoms with Crippen molar-refractivity contribution in [2.45, 2.75) is 72.6 Å². The molecule has 0 aromatic heterocycles. The third-order valence-corrected chi connectivity index (χ3v) is 4.63. The first kappa shape index (κ1) is 24.9. The lowest BCUT2D eigenvalue weighted by atomic mass is 9.92. The summed E-state index contributed by atoms with van der Waals surface area (Å²) >= 11 is 0. The van der Waals surface area contributed by atoms with E-state index in [0.29, 0.717) is 18.8 Å². The number of carbonyl (C=O) groups is 2. The van der Waals surface area contributed by atoms with Crippen LogP contribution in [0.5, 0.6) is 0 Å². The summed E-state index contributed by atoms with van der Waals surface area (Å²) in [6, 6.07) is 0. The number of ether oxygens (including phenoxy) is 2. The fourth-order valence-corrected chi connectivity index (χ4v) is 2.52. The molecule has 0 spiro atoms. The number of aliphatic hydroxyl groups excluding tert-OH is 2. The SMILES string of the molecule is CCCCC(CC)C(=O)OCC(CO)(CO)COC(=O)CCCC(C)C. The number of unbranched alkanes of at least 4 members (excludes halogenated alkanes) is 1. The number of hydrogen-bond acceptors (Lipinski definition) is 6. The second-order valence-corrected chi connectivity index (χ2v) is 7.62. The van der Waals surface area contributed by atoms with Gasteiger partial charge in [-0.2, -0.15) is 0 Å². The number of hydrogen-bond donors (Lipinski definition) is 2. The van der Waals surface area contributed by atoms with Gasteiger partial charge in [0.1, 0.15) is 13.2 Å². The molecule has 0 saturated carbocycles. The summed E-state index contributed by atoms with van der Waals surface area (Å²) in [5.74, 6) is -0.341. The van der Waals surface area contributed by atoms with Crippen LogP contribution in [0.4, 0.5) is 0 Å². The molecule has 26 heavy (non-hydrogen) atoms. The van der Waals surface area contributed by atoms with Gasteiger partial charge in [0.25, 0.3) is 0 Å². The van der Waals surface area contributed by atoms with Crippen molar-refractivity contribution in [1.82, 2.24) is 0 Å². The van der Waals surface area contributed by atoms with Gasteiger partial charge in [-0.05, 0) is 25.2 Å². The van der Waals surface area contributed by atoms with Crippen LogP contribution in [-0.2, 0) is 19.1 Å². The minimum absolute atomic E-state index is 0.166. The maximum absolute atomic E-state index is 12.2. The van der Waals surface area contributed by atoms with Gasteiger partial charge >= 0.3 is 11.9 Å². The van der Waals surface area contributed by atoms with Crippen LogP contribution in [0, 0.1) is 17.3 Å². The van der Waals surface area contributed by atoms with Crippen LogP contribution in [0.1, 0.15) is 72.6 Å². The lowest BCUT2D eigenvalue weighted by Gasteiger charge is -2.29. The maximum Gasteiger partial charge on any atom is 0.308 e. The fourth-order valence-electron chi connectivity index (χ4n) is 2.52. The Morgan fingerprint density at radius 3 is 2.08 bits per heavy atom. The molecule has 0 bridgehead atoms. The molecule has 0 aromatic rings. The monoisotopic (exact) mass is 374 g/mol. The van der Waals surface area contributed by atoms with Gasteiger partial charge in [-0.15, -0.1) is 0 Å². The molecule has 0 fully saturated rings. The quantitative estimate of drug-likeness (QED) is 0.428. The molecule has 0 radical (unpaired) electrons. The molecular weight excluding hydrogens is 336 g/mol. The largest absolute Gasteiger partial charge is 0.465 e.